The zero-order chi connectivity index (χ0) is 12.3. The monoisotopic (exact) mass is 233 g/mol. The van der Waals surface area contributed by atoms with Crippen LogP contribution in [0.15, 0.2) is 24.5 Å². The minimum atomic E-state index is -1.04. The quantitative estimate of drug-likeness (QED) is 0.799. The first-order chi connectivity index (χ1) is 8.16. The van der Waals surface area contributed by atoms with Crippen LogP contribution in [-0.4, -0.2) is 31.1 Å². The lowest BCUT2D eigenvalue weighted by molar-refractivity contribution is 0.0697. The molecule has 0 aromatic carbocycles. The number of rotatable bonds is 4. The Morgan fingerprint density at radius 3 is 3.00 bits per heavy atom. The molecule has 0 amide bonds. The van der Waals surface area contributed by atoms with Crippen molar-refractivity contribution in [3.8, 4) is 0 Å². The van der Waals surface area contributed by atoms with Crippen LogP contribution in [0.3, 0.4) is 0 Å². The predicted molar refractivity (Wildman–Crippen MR) is 59.5 cm³/mol. The Bertz CT molecular complexity index is 537. The summed E-state index contributed by atoms with van der Waals surface area (Å²) in [6, 6.07) is 3.24. The van der Waals surface area contributed by atoms with Gasteiger partial charge in [0.25, 0.3) is 0 Å². The molecular formula is C10H11N5O2. The van der Waals surface area contributed by atoms with Crippen LogP contribution in [0.25, 0.3) is 0 Å². The highest BCUT2D eigenvalue weighted by molar-refractivity contribution is 5.92. The van der Waals surface area contributed by atoms with Gasteiger partial charge in [0.1, 0.15) is 5.56 Å². The average molecular weight is 233 g/mol. The maximum Gasteiger partial charge on any atom is 0.339 e. The van der Waals surface area contributed by atoms with E-state index in [1.165, 1.54) is 12.3 Å². The zero-order valence-electron chi connectivity index (χ0n) is 9.16. The molecule has 17 heavy (non-hydrogen) atoms. The van der Waals surface area contributed by atoms with E-state index in [2.05, 4.69) is 20.6 Å². The highest BCUT2D eigenvalue weighted by Crippen LogP contribution is 2.10. The normalized spacial score (nSPS) is 10.2. The molecule has 0 spiro atoms. The van der Waals surface area contributed by atoms with Crippen molar-refractivity contribution in [2.45, 2.75) is 6.54 Å². The first-order valence-corrected chi connectivity index (χ1v) is 4.94. The Hall–Kier alpha value is -2.44. The summed E-state index contributed by atoms with van der Waals surface area (Å²) in [5.41, 5.74) is 0.894. The van der Waals surface area contributed by atoms with Gasteiger partial charge in [0.2, 0.25) is 0 Å². The van der Waals surface area contributed by atoms with E-state index < -0.39 is 5.97 Å². The third kappa shape index (κ3) is 2.57. The molecule has 0 aliphatic heterocycles. The summed E-state index contributed by atoms with van der Waals surface area (Å²) in [7, 11) is 1.81. The second-order valence-corrected chi connectivity index (χ2v) is 3.43. The molecule has 88 valence electrons. The molecule has 2 aromatic rings. The van der Waals surface area contributed by atoms with Crippen molar-refractivity contribution in [1.29, 1.82) is 0 Å². The van der Waals surface area contributed by atoms with Crippen LogP contribution in [-0.2, 0) is 13.6 Å². The lowest BCUT2D eigenvalue weighted by atomic mass is 10.3. The summed E-state index contributed by atoms with van der Waals surface area (Å²) in [6.07, 6.45) is 3.15. The molecule has 2 aromatic heterocycles. The fourth-order valence-corrected chi connectivity index (χ4v) is 1.37. The number of aromatic carboxylic acids is 1. The molecule has 0 saturated carbocycles. The molecule has 7 heteroatoms. The van der Waals surface area contributed by atoms with E-state index >= 15 is 0 Å². The van der Waals surface area contributed by atoms with Crippen molar-refractivity contribution in [2.24, 2.45) is 7.05 Å². The maximum atomic E-state index is 10.9. The second-order valence-electron chi connectivity index (χ2n) is 3.43. The number of aromatic nitrogens is 4. The van der Waals surface area contributed by atoms with Gasteiger partial charge in [-0.25, -0.2) is 4.79 Å². The van der Waals surface area contributed by atoms with Crippen LogP contribution in [0.5, 0.6) is 0 Å². The van der Waals surface area contributed by atoms with E-state index in [9.17, 15) is 4.79 Å². The van der Waals surface area contributed by atoms with E-state index in [4.69, 9.17) is 5.11 Å². The summed E-state index contributed by atoms with van der Waals surface area (Å²) in [5, 5.41) is 23.4. The Kier molecular flexibility index (Phi) is 2.99. The first kappa shape index (κ1) is 11.1. The van der Waals surface area contributed by atoms with Crippen LogP contribution in [0.1, 0.15) is 16.1 Å². The van der Waals surface area contributed by atoms with Gasteiger partial charge in [-0.3, -0.25) is 4.68 Å². The topological polar surface area (TPSA) is 92.9 Å². The highest BCUT2D eigenvalue weighted by atomic mass is 16.4. The van der Waals surface area contributed by atoms with Gasteiger partial charge in [0.15, 0.2) is 5.82 Å². The third-order valence-corrected chi connectivity index (χ3v) is 2.16. The zero-order valence-corrected chi connectivity index (χ0v) is 9.16. The van der Waals surface area contributed by atoms with Crippen molar-refractivity contribution in [2.75, 3.05) is 5.32 Å². The van der Waals surface area contributed by atoms with E-state index in [0.717, 1.165) is 5.69 Å². The summed E-state index contributed by atoms with van der Waals surface area (Å²) in [4.78, 5) is 10.9. The van der Waals surface area contributed by atoms with Gasteiger partial charge >= 0.3 is 5.97 Å². The number of anilines is 1. The van der Waals surface area contributed by atoms with Gasteiger partial charge in [-0.05, 0) is 12.1 Å². The van der Waals surface area contributed by atoms with Gasteiger partial charge in [-0.15, -0.1) is 5.10 Å². The average Bonchev–Trinajstić information content (AvgIpc) is 2.73. The Morgan fingerprint density at radius 2 is 2.35 bits per heavy atom. The highest BCUT2D eigenvalue weighted by Gasteiger charge is 2.11. The fourth-order valence-electron chi connectivity index (χ4n) is 1.37. The lowest BCUT2D eigenvalue weighted by Gasteiger charge is -2.05. The Morgan fingerprint density at radius 1 is 1.53 bits per heavy atom. The van der Waals surface area contributed by atoms with Crippen LogP contribution in [0, 0.1) is 0 Å². The summed E-state index contributed by atoms with van der Waals surface area (Å²) in [6.45, 7) is 0.403. The third-order valence-electron chi connectivity index (χ3n) is 2.16. The SMILES string of the molecule is Cn1ccc(CNc2nnccc2C(=O)O)n1. The van der Waals surface area contributed by atoms with E-state index in [-0.39, 0.29) is 11.4 Å². The molecule has 0 atom stereocenters. The van der Waals surface area contributed by atoms with Crippen LogP contribution in [0.2, 0.25) is 0 Å². The van der Waals surface area contributed by atoms with E-state index in [0.29, 0.717) is 6.54 Å². The summed E-state index contributed by atoms with van der Waals surface area (Å²) < 4.78 is 1.67. The first-order valence-electron chi connectivity index (χ1n) is 4.94. The van der Waals surface area contributed by atoms with E-state index in [1.807, 2.05) is 19.3 Å². The molecule has 0 unspecified atom stereocenters. The molecular weight excluding hydrogens is 222 g/mol. The lowest BCUT2D eigenvalue weighted by Crippen LogP contribution is -2.09. The number of carboxylic acid groups (broad SMARTS) is 1. The number of carboxylic acids is 1. The fraction of sp³-hybridized carbons (Fsp3) is 0.200. The minimum Gasteiger partial charge on any atom is -0.478 e. The van der Waals surface area contributed by atoms with Crippen LogP contribution >= 0.6 is 0 Å². The molecule has 2 rings (SSSR count). The number of nitrogens with zero attached hydrogens (tertiary/aromatic N) is 4. The van der Waals surface area contributed by atoms with Gasteiger partial charge in [-0.2, -0.15) is 10.2 Å². The summed E-state index contributed by atoms with van der Waals surface area (Å²) in [5.74, 6) is -0.797. The van der Waals surface area contributed by atoms with Crippen LogP contribution < -0.4 is 5.32 Å². The molecule has 0 fully saturated rings. The van der Waals surface area contributed by atoms with Crippen molar-refractivity contribution < 1.29 is 9.90 Å². The number of aryl methyl sites for hydroxylation is 1. The van der Waals surface area contributed by atoms with Crippen molar-refractivity contribution in [3.63, 3.8) is 0 Å². The maximum absolute atomic E-state index is 10.9. The Balaban J connectivity index is 2.11. The largest absolute Gasteiger partial charge is 0.478 e. The van der Waals surface area contributed by atoms with Gasteiger partial charge < -0.3 is 10.4 Å². The molecule has 2 heterocycles. The molecule has 7 nitrogen and oxygen atoms in total. The molecule has 0 saturated heterocycles. The number of hydrogen-bond donors (Lipinski definition) is 2. The van der Waals surface area contributed by atoms with Gasteiger partial charge in [0.05, 0.1) is 18.4 Å². The van der Waals surface area contributed by atoms with Gasteiger partial charge in [0, 0.05) is 13.2 Å². The van der Waals surface area contributed by atoms with Crippen molar-refractivity contribution in [1.82, 2.24) is 20.0 Å². The minimum absolute atomic E-state index is 0.0935. The molecule has 0 radical (unpaired) electrons. The molecule has 0 bridgehead atoms. The molecule has 0 aliphatic rings. The molecule has 2 N–H and O–H groups in total. The smallest absolute Gasteiger partial charge is 0.339 e. The van der Waals surface area contributed by atoms with Crippen molar-refractivity contribution in [3.05, 3.63) is 35.8 Å². The second kappa shape index (κ2) is 4.60. The number of carbonyl (C=O) groups is 1. The van der Waals surface area contributed by atoms with Crippen LogP contribution in [0.4, 0.5) is 5.82 Å². The number of hydrogen-bond acceptors (Lipinski definition) is 5. The van der Waals surface area contributed by atoms with E-state index in [1.54, 1.807) is 4.68 Å². The van der Waals surface area contributed by atoms with Crippen molar-refractivity contribution >= 4 is 11.8 Å². The predicted octanol–water partition coefficient (Wildman–Crippen LogP) is 0.520. The van der Waals surface area contributed by atoms with Gasteiger partial charge in [-0.1, -0.05) is 0 Å². The molecule has 0 aliphatic carbocycles. The Labute approximate surface area is 97.1 Å². The standard InChI is InChI=1S/C10H11N5O2/c1-15-5-3-7(14-15)6-11-9-8(10(16)17)2-4-12-13-9/h2-5H,6H2,1H3,(H,11,13)(H,16,17). The number of nitrogens with one attached hydrogen (secondary N) is 1. The summed E-state index contributed by atoms with van der Waals surface area (Å²) >= 11 is 0.